The Labute approximate surface area is 208 Å². The summed E-state index contributed by atoms with van der Waals surface area (Å²) in [6.45, 7) is 7.24. The van der Waals surface area contributed by atoms with E-state index in [9.17, 15) is 14.0 Å². The number of fused-ring (bicyclic) bond motifs is 1. The van der Waals surface area contributed by atoms with E-state index in [0.717, 1.165) is 0 Å². The van der Waals surface area contributed by atoms with Gasteiger partial charge in [-0.2, -0.15) is 0 Å². The van der Waals surface area contributed by atoms with Crippen LogP contribution in [0.1, 0.15) is 39.6 Å². The molecule has 4 rings (SSSR count). The lowest BCUT2D eigenvalue weighted by Crippen LogP contribution is -2.60. The van der Waals surface area contributed by atoms with Crippen LogP contribution in [-0.2, 0) is 9.59 Å². The number of nitrogens with one attached hydrogen (secondary N) is 1. The molecule has 184 valence electrons. The largest absolute Gasteiger partial charge is 0.322 e. The third-order valence-electron chi connectivity index (χ3n) is 6.25. The number of amides is 2. The predicted molar refractivity (Wildman–Crippen MR) is 135 cm³/mol. The molecule has 2 atom stereocenters. The number of para-hydroxylation sites is 2. The fraction of sp³-hybridized carbons (Fsp3) is 0.360. The van der Waals surface area contributed by atoms with E-state index in [-0.39, 0.29) is 23.7 Å². The summed E-state index contributed by atoms with van der Waals surface area (Å²) in [5.41, 5.74) is 0.871. The number of benzene rings is 2. The van der Waals surface area contributed by atoms with Crippen LogP contribution < -0.4 is 10.2 Å². The van der Waals surface area contributed by atoms with Gasteiger partial charge in [-0.1, -0.05) is 23.9 Å². The normalized spacial score (nSPS) is 16.6. The Morgan fingerprint density at radius 2 is 1.74 bits per heavy atom. The van der Waals surface area contributed by atoms with E-state index in [2.05, 4.69) is 15.5 Å². The van der Waals surface area contributed by atoms with Gasteiger partial charge < -0.3 is 5.32 Å². The van der Waals surface area contributed by atoms with Crippen LogP contribution in [0.3, 0.4) is 0 Å². The lowest BCUT2D eigenvalue weighted by molar-refractivity contribution is -0.126. The fourth-order valence-corrected chi connectivity index (χ4v) is 4.84. The number of carbonyl (C=O) groups excluding carboxylic acids is 2. The van der Waals surface area contributed by atoms with Gasteiger partial charge in [0, 0.05) is 5.69 Å². The van der Waals surface area contributed by atoms with Crippen LogP contribution >= 0.6 is 11.8 Å². The summed E-state index contributed by atoms with van der Waals surface area (Å²) in [4.78, 5) is 30.1. The highest BCUT2D eigenvalue weighted by molar-refractivity contribution is 8.00. The Bertz CT molecular complexity index is 1260. The van der Waals surface area contributed by atoms with Crippen LogP contribution in [0.4, 0.5) is 15.8 Å². The minimum absolute atomic E-state index is 0.0792. The molecule has 35 heavy (non-hydrogen) atoms. The maximum Gasteiger partial charge on any atom is 0.250 e. The number of anilines is 2. The monoisotopic (exact) mass is 496 g/mol. The molecule has 2 amide bonds. The molecule has 0 saturated heterocycles. The van der Waals surface area contributed by atoms with Crippen molar-refractivity contribution in [1.29, 1.82) is 0 Å². The molecule has 1 aliphatic heterocycles. The van der Waals surface area contributed by atoms with E-state index in [1.807, 2.05) is 48.7 Å². The zero-order valence-corrected chi connectivity index (χ0v) is 21.4. The summed E-state index contributed by atoms with van der Waals surface area (Å²) < 4.78 is 15.5. The topological polar surface area (TPSA) is 83.4 Å². The fourth-order valence-electron chi connectivity index (χ4n) is 3.93. The van der Waals surface area contributed by atoms with Gasteiger partial charge in [0.2, 0.25) is 11.8 Å². The molecule has 0 bridgehead atoms. The van der Waals surface area contributed by atoms with Crippen molar-refractivity contribution in [2.75, 3.05) is 24.3 Å². The molecule has 0 radical (unpaired) electrons. The Morgan fingerprint density at radius 3 is 2.40 bits per heavy atom. The second-order valence-corrected chi connectivity index (χ2v) is 10.6. The summed E-state index contributed by atoms with van der Waals surface area (Å²) in [5.74, 6) is -0.144. The van der Waals surface area contributed by atoms with Gasteiger partial charge in [0.25, 0.3) is 0 Å². The number of rotatable bonds is 6. The molecular weight excluding hydrogens is 467 g/mol. The molecule has 2 aromatic carbocycles. The molecule has 10 heteroatoms. The lowest BCUT2D eigenvalue weighted by atomic mass is 9.96. The first-order chi connectivity index (χ1) is 16.5. The predicted octanol–water partition coefficient (Wildman–Crippen LogP) is 4.27. The third-order valence-corrected chi connectivity index (χ3v) is 7.28. The molecule has 0 spiro atoms. The molecule has 2 heterocycles. The quantitative estimate of drug-likeness (QED) is 0.513. The van der Waals surface area contributed by atoms with Gasteiger partial charge in [-0.25, -0.2) is 4.39 Å². The highest BCUT2D eigenvalue weighted by atomic mass is 32.2. The second-order valence-electron chi connectivity index (χ2n) is 9.26. The van der Waals surface area contributed by atoms with Crippen molar-refractivity contribution in [3.8, 4) is 5.69 Å². The Morgan fingerprint density at radius 1 is 1.09 bits per heavy atom. The summed E-state index contributed by atoms with van der Waals surface area (Å²) in [5, 5.41) is 11.6. The average Bonchev–Trinajstić information content (AvgIpc) is 3.22. The van der Waals surface area contributed by atoms with E-state index in [1.165, 1.54) is 23.9 Å². The van der Waals surface area contributed by atoms with Crippen molar-refractivity contribution in [3.63, 3.8) is 0 Å². The van der Waals surface area contributed by atoms with Gasteiger partial charge in [0.05, 0.1) is 22.7 Å². The van der Waals surface area contributed by atoms with Crippen LogP contribution in [0.5, 0.6) is 0 Å². The highest BCUT2D eigenvalue weighted by Crippen LogP contribution is 2.39. The number of nitrogens with zero attached hydrogens (tertiary/aromatic N) is 5. The van der Waals surface area contributed by atoms with Crippen molar-refractivity contribution in [2.24, 2.45) is 0 Å². The summed E-state index contributed by atoms with van der Waals surface area (Å²) >= 11 is 1.25. The first-order valence-corrected chi connectivity index (χ1v) is 12.2. The molecule has 8 nitrogen and oxygen atoms in total. The summed E-state index contributed by atoms with van der Waals surface area (Å²) in [6, 6.07) is 13.3. The van der Waals surface area contributed by atoms with Crippen LogP contribution in [0, 0.1) is 5.82 Å². The van der Waals surface area contributed by atoms with Crippen molar-refractivity contribution >= 4 is 35.0 Å². The number of aromatic nitrogens is 3. The van der Waals surface area contributed by atoms with Crippen LogP contribution in [0.15, 0.2) is 53.7 Å². The summed E-state index contributed by atoms with van der Waals surface area (Å²) in [6.07, 6.45) is 0. The first kappa shape index (κ1) is 24.9. The number of thioether (sulfide) groups is 1. The standard InChI is InChI=1S/C25H29FN6O2S/c1-15(30(5)6)21-28-29-24(31(21)18-13-11-17(26)12-14-18)35-16(2)22(33)32-20-10-8-7-9-19(20)27-23(34)25(32,3)4/h7-16H,1-6H3,(H,27,34). The van der Waals surface area contributed by atoms with Crippen LogP contribution in [-0.4, -0.2) is 56.4 Å². The van der Waals surface area contributed by atoms with Crippen LogP contribution in [0.25, 0.3) is 5.69 Å². The van der Waals surface area contributed by atoms with Gasteiger partial charge >= 0.3 is 0 Å². The minimum Gasteiger partial charge on any atom is -0.322 e. The van der Waals surface area contributed by atoms with Crippen molar-refractivity contribution in [2.45, 2.75) is 49.7 Å². The minimum atomic E-state index is -1.07. The Kier molecular flexibility index (Phi) is 6.70. The van der Waals surface area contributed by atoms with Crippen molar-refractivity contribution in [1.82, 2.24) is 19.7 Å². The van der Waals surface area contributed by atoms with Crippen LogP contribution in [0.2, 0.25) is 0 Å². The molecular formula is C25H29FN6O2S. The summed E-state index contributed by atoms with van der Waals surface area (Å²) in [7, 11) is 3.88. The van der Waals surface area contributed by atoms with Gasteiger partial charge in [0.15, 0.2) is 11.0 Å². The first-order valence-electron chi connectivity index (χ1n) is 11.3. The Balaban J connectivity index is 1.71. The third kappa shape index (κ3) is 4.55. The molecule has 2 unspecified atom stereocenters. The van der Waals surface area contributed by atoms with Gasteiger partial charge in [-0.05, 0) is 78.2 Å². The molecule has 3 aromatic rings. The average molecular weight is 497 g/mol. The van der Waals surface area contributed by atoms with E-state index in [4.69, 9.17) is 0 Å². The van der Waals surface area contributed by atoms with E-state index in [1.54, 1.807) is 43.9 Å². The lowest BCUT2D eigenvalue weighted by Gasteiger charge is -2.43. The zero-order valence-electron chi connectivity index (χ0n) is 20.6. The highest BCUT2D eigenvalue weighted by Gasteiger charge is 2.45. The maximum absolute atomic E-state index is 13.8. The van der Waals surface area contributed by atoms with Gasteiger partial charge in [-0.15, -0.1) is 10.2 Å². The molecule has 1 aromatic heterocycles. The maximum atomic E-state index is 13.8. The van der Waals surface area contributed by atoms with Crippen molar-refractivity contribution < 1.29 is 14.0 Å². The smallest absolute Gasteiger partial charge is 0.250 e. The molecule has 1 N–H and O–H groups in total. The van der Waals surface area contributed by atoms with Crippen molar-refractivity contribution in [3.05, 3.63) is 60.2 Å². The number of hydrogen-bond donors (Lipinski definition) is 1. The number of hydrogen-bond acceptors (Lipinski definition) is 6. The molecule has 0 saturated carbocycles. The SMILES string of the molecule is CC(Sc1nnc(C(C)N(C)C)n1-c1ccc(F)cc1)C(=O)N1c2ccccc2NC(=O)C1(C)C. The number of carbonyl (C=O) groups is 2. The Hall–Kier alpha value is -3.24. The van der Waals surface area contributed by atoms with E-state index < -0.39 is 10.8 Å². The molecule has 1 aliphatic rings. The van der Waals surface area contributed by atoms with Gasteiger partial charge in [-0.3, -0.25) is 24.0 Å². The van der Waals surface area contributed by atoms with Gasteiger partial charge in [0.1, 0.15) is 11.4 Å². The second kappa shape index (κ2) is 9.43. The van der Waals surface area contributed by atoms with E-state index in [0.29, 0.717) is 28.0 Å². The molecule has 0 fully saturated rings. The molecule has 0 aliphatic carbocycles. The van der Waals surface area contributed by atoms with E-state index >= 15 is 0 Å². The zero-order chi connectivity index (χ0) is 25.5. The number of halogens is 1.